The molecule has 6 heteroatoms. The summed E-state index contributed by atoms with van der Waals surface area (Å²) in [5.41, 5.74) is 10.2. The SMILES string of the molecule is Cc1c2c(c(-c3ccccc3)c(-c3ccccc3)c1-c1ccccc1)C(=N)N=C2c1sc(=S)[nH]c1S. The van der Waals surface area contributed by atoms with Gasteiger partial charge >= 0.3 is 0 Å². The molecule has 0 radical (unpaired) electrons. The van der Waals surface area contributed by atoms with E-state index in [-0.39, 0.29) is 5.84 Å². The van der Waals surface area contributed by atoms with Crippen molar-refractivity contribution in [3.63, 3.8) is 0 Å². The van der Waals surface area contributed by atoms with Crippen molar-refractivity contribution in [2.75, 3.05) is 0 Å². The molecule has 0 aliphatic carbocycles. The lowest BCUT2D eigenvalue weighted by Crippen LogP contribution is -2.08. The highest BCUT2D eigenvalue weighted by Crippen LogP contribution is 2.48. The van der Waals surface area contributed by atoms with E-state index in [0.29, 0.717) is 8.98 Å². The van der Waals surface area contributed by atoms with E-state index in [1.54, 1.807) is 0 Å². The fraction of sp³-hybridized carbons (Fsp3) is 0.0333. The number of aliphatic imine (C=N–C) groups is 1. The minimum absolute atomic E-state index is 0.255. The van der Waals surface area contributed by atoms with Gasteiger partial charge in [0.1, 0.15) is 0 Å². The second-order valence-corrected chi connectivity index (χ2v) is 10.7. The molecule has 0 atom stereocenters. The molecule has 1 aliphatic rings. The number of thiazole rings is 1. The number of benzene rings is 4. The van der Waals surface area contributed by atoms with Crippen molar-refractivity contribution in [3.05, 3.63) is 117 Å². The number of aromatic nitrogens is 1. The molecule has 2 N–H and O–H groups in total. The van der Waals surface area contributed by atoms with Crippen molar-refractivity contribution in [3.8, 4) is 33.4 Å². The highest BCUT2D eigenvalue weighted by Gasteiger charge is 2.34. The number of thiol groups is 1. The molecule has 1 aromatic heterocycles. The molecule has 5 aromatic rings. The molecule has 6 rings (SSSR count). The number of aromatic amines is 1. The summed E-state index contributed by atoms with van der Waals surface area (Å²) < 4.78 is 0.641. The van der Waals surface area contributed by atoms with Gasteiger partial charge in [-0.2, -0.15) is 0 Å². The van der Waals surface area contributed by atoms with Crippen LogP contribution < -0.4 is 0 Å². The van der Waals surface area contributed by atoms with Crippen molar-refractivity contribution in [2.45, 2.75) is 11.9 Å². The standard InChI is InChI=1S/C30H21N3S3/c1-17-21(18-11-5-2-6-12-18)23(19-13-7-3-8-14-19)24(20-15-9-4-10-16-20)25-22(17)26(32-28(25)31)27-29(34)33-30(35)36-27/h2-16,31,34H,1H3,(H,33,35). The molecule has 1 aliphatic heterocycles. The molecule has 4 aromatic carbocycles. The van der Waals surface area contributed by atoms with E-state index >= 15 is 0 Å². The van der Waals surface area contributed by atoms with Crippen molar-refractivity contribution in [2.24, 2.45) is 4.99 Å². The van der Waals surface area contributed by atoms with E-state index in [9.17, 15) is 0 Å². The Morgan fingerprint density at radius 3 is 1.67 bits per heavy atom. The first-order valence-electron chi connectivity index (χ1n) is 11.5. The lowest BCUT2D eigenvalue weighted by atomic mass is 9.79. The molecule has 0 amide bonds. The number of amidine groups is 1. The predicted molar refractivity (Wildman–Crippen MR) is 157 cm³/mol. The predicted octanol–water partition coefficient (Wildman–Crippen LogP) is 8.58. The first kappa shape index (κ1) is 22.9. The van der Waals surface area contributed by atoms with Gasteiger partial charge in [-0.25, -0.2) is 4.99 Å². The molecule has 0 spiro atoms. The van der Waals surface area contributed by atoms with Crippen LogP contribution in [-0.2, 0) is 0 Å². The van der Waals surface area contributed by atoms with E-state index in [0.717, 1.165) is 60.7 Å². The molecular weight excluding hydrogens is 499 g/mol. The lowest BCUT2D eigenvalue weighted by Gasteiger charge is -2.23. The molecule has 0 fully saturated rings. The molecule has 0 saturated heterocycles. The summed E-state index contributed by atoms with van der Waals surface area (Å²) in [7, 11) is 0. The van der Waals surface area contributed by atoms with Crippen LogP contribution in [0.3, 0.4) is 0 Å². The number of hydrogen-bond donors (Lipinski definition) is 3. The first-order chi connectivity index (χ1) is 17.5. The van der Waals surface area contributed by atoms with E-state index in [4.69, 9.17) is 22.6 Å². The zero-order valence-electron chi connectivity index (χ0n) is 19.4. The van der Waals surface area contributed by atoms with Crippen LogP contribution in [0.1, 0.15) is 21.6 Å². The number of hydrogen-bond acceptors (Lipinski definition) is 4. The van der Waals surface area contributed by atoms with Gasteiger partial charge in [-0.3, -0.25) is 5.41 Å². The van der Waals surface area contributed by atoms with Crippen molar-refractivity contribution in [1.82, 2.24) is 4.98 Å². The van der Waals surface area contributed by atoms with Gasteiger partial charge in [-0.05, 0) is 52.5 Å². The summed E-state index contributed by atoms with van der Waals surface area (Å²) in [4.78, 5) is 8.80. The van der Waals surface area contributed by atoms with Gasteiger partial charge in [-0.1, -0.05) is 91.0 Å². The van der Waals surface area contributed by atoms with Gasteiger partial charge in [-0.15, -0.1) is 24.0 Å². The van der Waals surface area contributed by atoms with Gasteiger partial charge in [0.15, 0.2) is 9.79 Å². The highest BCUT2D eigenvalue weighted by atomic mass is 32.1. The summed E-state index contributed by atoms with van der Waals surface area (Å²) in [5.74, 6) is 0.255. The summed E-state index contributed by atoms with van der Waals surface area (Å²) in [6, 6.07) is 31.3. The molecule has 0 bridgehead atoms. The average Bonchev–Trinajstić information content (AvgIpc) is 3.43. The van der Waals surface area contributed by atoms with Crippen molar-refractivity contribution >= 4 is 47.7 Å². The number of nitrogens with one attached hydrogen (secondary N) is 2. The third kappa shape index (κ3) is 3.69. The van der Waals surface area contributed by atoms with Crippen LogP contribution >= 0.6 is 36.2 Å². The normalized spacial score (nSPS) is 12.5. The fourth-order valence-corrected chi connectivity index (χ4v) is 6.62. The van der Waals surface area contributed by atoms with E-state index in [2.05, 4.69) is 85.2 Å². The molecule has 3 nitrogen and oxygen atoms in total. The van der Waals surface area contributed by atoms with Crippen LogP contribution in [0.4, 0.5) is 0 Å². The van der Waals surface area contributed by atoms with Gasteiger partial charge in [0.25, 0.3) is 0 Å². The van der Waals surface area contributed by atoms with Crippen LogP contribution in [0.2, 0.25) is 0 Å². The third-order valence-electron chi connectivity index (χ3n) is 6.48. The summed E-state index contributed by atoms with van der Waals surface area (Å²) >= 11 is 11.5. The Labute approximate surface area is 224 Å². The molecule has 2 heterocycles. The zero-order chi connectivity index (χ0) is 24.8. The Bertz CT molecular complexity index is 1710. The Morgan fingerprint density at radius 2 is 1.19 bits per heavy atom. The smallest absolute Gasteiger partial charge is 0.159 e. The van der Waals surface area contributed by atoms with Gasteiger partial charge in [0.2, 0.25) is 0 Å². The van der Waals surface area contributed by atoms with Crippen LogP contribution in [-0.4, -0.2) is 16.5 Å². The summed E-state index contributed by atoms with van der Waals surface area (Å²) in [6.45, 7) is 2.14. The Hall–Kier alpha value is -3.58. The number of rotatable bonds is 4. The van der Waals surface area contributed by atoms with E-state index < -0.39 is 0 Å². The number of H-pyrrole nitrogens is 1. The Morgan fingerprint density at radius 1 is 0.722 bits per heavy atom. The largest absolute Gasteiger partial charge is 0.332 e. The van der Waals surface area contributed by atoms with Crippen LogP contribution in [0, 0.1) is 16.3 Å². The van der Waals surface area contributed by atoms with Gasteiger partial charge in [0.05, 0.1) is 15.6 Å². The number of fused-ring (bicyclic) bond motifs is 1. The molecule has 0 unspecified atom stereocenters. The highest BCUT2D eigenvalue weighted by molar-refractivity contribution is 7.80. The molecule has 36 heavy (non-hydrogen) atoms. The maximum Gasteiger partial charge on any atom is 0.159 e. The van der Waals surface area contributed by atoms with E-state index in [1.807, 2.05) is 30.3 Å². The van der Waals surface area contributed by atoms with Crippen LogP contribution in [0.25, 0.3) is 33.4 Å². The van der Waals surface area contributed by atoms with Gasteiger partial charge in [0, 0.05) is 16.7 Å². The monoisotopic (exact) mass is 519 g/mol. The lowest BCUT2D eigenvalue weighted by molar-refractivity contribution is 1.19. The second-order valence-electron chi connectivity index (χ2n) is 8.60. The van der Waals surface area contributed by atoms with E-state index in [1.165, 1.54) is 11.3 Å². The minimum atomic E-state index is 0.255. The zero-order valence-corrected chi connectivity index (χ0v) is 21.9. The van der Waals surface area contributed by atoms with Crippen LogP contribution in [0.15, 0.2) is 101 Å². The summed E-state index contributed by atoms with van der Waals surface area (Å²) in [5, 5.41) is 9.74. The first-order valence-corrected chi connectivity index (χ1v) is 13.2. The second kappa shape index (κ2) is 9.13. The van der Waals surface area contributed by atoms with Crippen molar-refractivity contribution in [1.29, 1.82) is 5.41 Å². The third-order valence-corrected chi connectivity index (χ3v) is 8.21. The average molecular weight is 520 g/mol. The Balaban J connectivity index is 1.81. The molecule has 0 saturated carbocycles. The summed E-state index contributed by atoms with van der Waals surface area (Å²) in [6.07, 6.45) is 0. The maximum absolute atomic E-state index is 9.06. The quantitative estimate of drug-likeness (QED) is 0.162. The fourth-order valence-electron chi connectivity index (χ4n) is 5.03. The number of nitrogens with zero attached hydrogens (tertiary/aromatic N) is 1. The van der Waals surface area contributed by atoms with Gasteiger partial charge < -0.3 is 4.98 Å². The topological polar surface area (TPSA) is 52.0 Å². The van der Waals surface area contributed by atoms with Crippen molar-refractivity contribution < 1.29 is 0 Å². The minimum Gasteiger partial charge on any atom is -0.332 e. The molecular formula is C30H21N3S3. The molecule has 174 valence electrons. The van der Waals surface area contributed by atoms with Crippen LogP contribution in [0.5, 0.6) is 0 Å². The maximum atomic E-state index is 9.06. The Kier molecular flexibility index (Phi) is 5.80.